The maximum atomic E-state index is 4.01. The van der Waals surface area contributed by atoms with Gasteiger partial charge in [0.15, 0.2) is 0 Å². The SMILES string of the molecule is C=C(C)CCCC(=C)NSCCCCC. The Balaban J connectivity index is 3.22. The van der Waals surface area contributed by atoms with Gasteiger partial charge in [0.1, 0.15) is 0 Å². The highest BCUT2D eigenvalue weighted by Gasteiger charge is 1.95. The van der Waals surface area contributed by atoms with Crippen LogP contribution in [0, 0.1) is 0 Å². The van der Waals surface area contributed by atoms with Crippen molar-refractivity contribution in [2.24, 2.45) is 0 Å². The lowest BCUT2D eigenvalue weighted by molar-refractivity contribution is 0.773. The molecule has 0 aromatic heterocycles. The minimum Gasteiger partial charge on any atom is -0.334 e. The molecule has 0 fully saturated rings. The van der Waals surface area contributed by atoms with E-state index in [1.54, 1.807) is 11.9 Å². The van der Waals surface area contributed by atoms with E-state index in [1.807, 2.05) is 0 Å². The van der Waals surface area contributed by atoms with Crippen molar-refractivity contribution in [1.29, 1.82) is 0 Å². The van der Waals surface area contributed by atoms with Crippen LogP contribution in [0.3, 0.4) is 0 Å². The molecule has 15 heavy (non-hydrogen) atoms. The normalized spacial score (nSPS) is 10.0. The third kappa shape index (κ3) is 11.6. The second-order valence-corrected chi connectivity index (χ2v) is 4.97. The molecular weight excluding hydrogens is 202 g/mol. The number of nitrogens with one attached hydrogen (secondary N) is 1. The molecule has 0 saturated carbocycles. The van der Waals surface area contributed by atoms with E-state index in [4.69, 9.17) is 0 Å². The molecule has 0 rings (SSSR count). The average molecular weight is 227 g/mol. The highest BCUT2D eigenvalue weighted by Crippen LogP contribution is 2.11. The largest absolute Gasteiger partial charge is 0.334 e. The van der Waals surface area contributed by atoms with E-state index in [0.717, 1.165) is 25.0 Å². The van der Waals surface area contributed by atoms with Crippen LogP contribution in [0.4, 0.5) is 0 Å². The minimum absolute atomic E-state index is 1.06. The van der Waals surface area contributed by atoms with Crippen molar-refractivity contribution < 1.29 is 0 Å². The van der Waals surface area contributed by atoms with E-state index < -0.39 is 0 Å². The minimum atomic E-state index is 1.06. The molecule has 0 aliphatic rings. The summed E-state index contributed by atoms with van der Waals surface area (Å²) in [7, 11) is 0. The van der Waals surface area contributed by atoms with Gasteiger partial charge in [-0.3, -0.25) is 0 Å². The molecule has 0 spiro atoms. The molecule has 0 bridgehead atoms. The topological polar surface area (TPSA) is 12.0 Å². The Hall–Kier alpha value is -0.370. The lowest BCUT2D eigenvalue weighted by Gasteiger charge is -2.08. The molecule has 0 saturated heterocycles. The predicted molar refractivity (Wildman–Crippen MR) is 72.9 cm³/mol. The fraction of sp³-hybridized carbons (Fsp3) is 0.692. The van der Waals surface area contributed by atoms with Crippen LogP contribution < -0.4 is 4.72 Å². The lowest BCUT2D eigenvalue weighted by Crippen LogP contribution is -2.03. The van der Waals surface area contributed by atoms with Crippen LogP contribution in [0.2, 0.25) is 0 Å². The van der Waals surface area contributed by atoms with Gasteiger partial charge in [-0.2, -0.15) is 0 Å². The first-order chi connectivity index (χ1) is 7.16. The Kier molecular flexibility index (Phi) is 9.91. The van der Waals surface area contributed by atoms with E-state index in [-0.39, 0.29) is 0 Å². The molecule has 0 aliphatic heterocycles. The molecule has 0 heterocycles. The molecule has 1 N–H and O–H groups in total. The Bertz CT molecular complexity index is 187. The number of hydrogen-bond acceptors (Lipinski definition) is 2. The number of unbranched alkanes of at least 4 members (excludes halogenated alkanes) is 2. The van der Waals surface area contributed by atoms with Crippen molar-refractivity contribution >= 4 is 11.9 Å². The Morgan fingerprint density at radius 3 is 2.47 bits per heavy atom. The molecule has 88 valence electrons. The predicted octanol–water partition coefficient (Wildman–Crippen LogP) is 4.67. The molecule has 2 heteroatoms. The fourth-order valence-corrected chi connectivity index (χ4v) is 1.99. The smallest absolute Gasteiger partial charge is 0.0139 e. The van der Waals surface area contributed by atoms with Crippen LogP contribution >= 0.6 is 11.9 Å². The molecule has 0 aromatic carbocycles. The summed E-state index contributed by atoms with van der Waals surface area (Å²) >= 11 is 1.79. The van der Waals surface area contributed by atoms with Gasteiger partial charge in [-0.25, -0.2) is 0 Å². The van der Waals surface area contributed by atoms with Gasteiger partial charge in [0.25, 0.3) is 0 Å². The van der Waals surface area contributed by atoms with Gasteiger partial charge in [0.05, 0.1) is 0 Å². The summed E-state index contributed by atoms with van der Waals surface area (Å²) in [6.45, 7) is 12.2. The number of hydrogen-bond donors (Lipinski definition) is 1. The summed E-state index contributed by atoms with van der Waals surface area (Å²) in [6.07, 6.45) is 7.26. The van der Waals surface area contributed by atoms with E-state index >= 15 is 0 Å². The van der Waals surface area contributed by atoms with Crippen molar-refractivity contribution in [3.05, 3.63) is 24.4 Å². The zero-order chi connectivity index (χ0) is 11.5. The summed E-state index contributed by atoms with van der Waals surface area (Å²) in [5.41, 5.74) is 2.41. The van der Waals surface area contributed by atoms with Crippen LogP contribution in [0.5, 0.6) is 0 Å². The van der Waals surface area contributed by atoms with Gasteiger partial charge in [-0.1, -0.05) is 43.9 Å². The second kappa shape index (κ2) is 10.2. The fourth-order valence-electron chi connectivity index (χ4n) is 1.23. The van der Waals surface area contributed by atoms with Gasteiger partial charge < -0.3 is 4.72 Å². The van der Waals surface area contributed by atoms with Crippen LogP contribution in [-0.2, 0) is 0 Å². The van der Waals surface area contributed by atoms with E-state index in [2.05, 4.69) is 31.7 Å². The first kappa shape index (κ1) is 14.6. The van der Waals surface area contributed by atoms with Crippen LogP contribution in [-0.4, -0.2) is 5.75 Å². The average Bonchev–Trinajstić information content (AvgIpc) is 2.17. The van der Waals surface area contributed by atoms with Crippen LogP contribution in [0.15, 0.2) is 24.4 Å². The molecule has 0 unspecified atom stereocenters. The summed E-state index contributed by atoms with van der Waals surface area (Å²) in [5, 5.41) is 0. The standard InChI is InChI=1S/C13H25NS/c1-5-6-7-11-15-14-13(4)10-8-9-12(2)3/h14H,2,4-11H2,1,3H3. The Labute approximate surface area is 99.5 Å². The zero-order valence-corrected chi connectivity index (χ0v) is 11.1. The molecule has 0 amide bonds. The van der Waals surface area contributed by atoms with E-state index in [1.165, 1.54) is 30.6 Å². The highest BCUT2D eigenvalue weighted by atomic mass is 32.2. The summed E-state index contributed by atoms with van der Waals surface area (Å²) in [4.78, 5) is 0. The molecule has 0 radical (unpaired) electrons. The van der Waals surface area contributed by atoms with Gasteiger partial charge in [-0.05, 0) is 32.6 Å². The summed E-state index contributed by atoms with van der Waals surface area (Å²) in [5.74, 6) is 1.19. The third-order valence-corrected chi connectivity index (χ3v) is 3.07. The first-order valence-corrected chi connectivity index (χ1v) is 6.85. The number of allylic oxidation sites excluding steroid dienone is 2. The third-order valence-electron chi connectivity index (χ3n) is 2.15. The maximum Gasteiger partial charge on any atom is 0.0139 e. The first-order valence-electron chi connectivity index (χ1n) is 5.86. The van der Waals surface area contributed by atoms with Gasteiger partial charge in [0.2, 0.25) is 0 Å². The Morgan fingerprint density at radius 1 is 1.13 bits per heavy atom. The van der Waals surface area contributed by atoms with E-state index in [9.17, 15) is 0 Å². The summed E-state index contributed by atoms with van der Waals surface area (Å²) < 4.78 is 3.31. The zero-order valence-electron chi connectivity index (χ0n) is 10.3. The quantitative estimate of drug-likeness (QED) is 0.330. The van der Waals surface area contributed by atoms with Crippen molar-refractivity contribution in [2.45, 2.75) is 52.4 Å². The molecule has 1 nitrogen and oxygen atoms in total. The molecule has 0 atom stereocenters. The van der Waals surface area contributed by atoms with Crippen LogP contribution in [0.25, 0.3) is 0 Å². The maximum absolute atomic E-state index is 4.01. The molecular formula is C13H25NS. The van der Waals surface area contributed by atoms with Gasteiger partial charge >= 0.3 is 0 Å². The van der Waals surface area contributed by atoms with E-state index in [0.29, 0.717) is 0 Å². The lowest BCUT2D eigenvalue weighted by atomic mass is 10.1. The van der Waals surface area contributed by atoms with Crippen LogP contribution in [0.1, 0.15) is 52.4 Å². The summed E-state index contributed by atoms with van der Waals surface area (Å²) in [6, 6.07) is 0. The Morgan fingerprint density at radius 2 is 1.87 bits per heavy atom. The van der Waals surface area contributed by atoms with Gasteiger partial charge in [-0.15, -0.1) is 6.58 Å². The van der Waals surface area contributed by atoms with Crippen molar-refractivity contribution in [1.82, 2.24) is 4.72 Å². The van der Waals surface area contributed by atoms with Crippen molar-refractivity contribution in [3.8, 4) is 0 Å². The highest BCUT2D eigenvalue weighted by molar-refractivity contribution is 7.97. The second-order valence-electron chi connectivity index (χ2n) is 4.07. The van der Waals surface area contributed by atoms with Crippen molar-refractivity contribution in [2.75, 3.05) is 5.75 Å². The number of rotatable bonds is 10. The van der Waals surface area contributed by atoms with Gasteiger partial charge in [0, 0.05) is 11.4 Å². The molecule has 0 aliphatic carbocycles. The monoisotopic (exact) mass is 227 g/mol. The molecule has 0 aromatic rings. The van der Waals surface area contributed by atoms with Crippen molar-refractivity contribution in [3.63, 3.8) is 0 Å².